The average Bonchev–Trinajstić information content (AvgIpc) is 2.97. The van der Waals surface area contributed by atoms with Crippen LogP contribution in [0.2, 0.25) is 0 Å². The molecule has 1 fully saturated rings. The fourth-order valence-corrected chi connectivity index (χ4v) is 3.24. The van der Waals surface area contributed by atoms with Gasteiger partial charge in [-0.3, -0.25) is 0 Å². The fourth-order valence-electron chi connectivity index (χ4n) is 3.24. The molecule has 3 rings (SSSR count). The first kappa shape index (κ1) is 13.4. The van der Waals surface area contributed by atoms with Crippen molar-refractivity contribution in [1.29, 1.82) is 0 Å². The summed E-state index contributed by atoms with van der Waals surface area (Å²) >= 11 is 0. The maximum Gasteiger partial charge on any atom is 0.0948 e. The van der Waals surface area contributed by atoms with Gasteiger partial charge in [-0.05, 0) is 18.4 Å². The highest BCUT2D eigenvalue weighted by molar-refractivity contribution is 5.19. The zero-order chi connectivity index (χ0) is 13.8. The smallest absolute Gasteiger partial charge is 0.0948 e. The molecule has 20 heavy (non-hydrogen) atoms. The number of aromatic nitrogens is 2. The van der Waals surface area contributed by atoms with Gasteiger partial charge in [0.1, 0.15) is 0 Å². The quantitative estimate of drug-likeness (QED) is 0.921. The molecule has 1 atom stereocenters. The molecule has 2 aromatic rings. The summed E-state index contributed by atoms with van der Waals surface area (Å²) in [5.41, 5.74) is 8.90. The molecule has 3 nitrogen and oxygen atoms in total. The van der Waals surface area contributed by atoms with Gasteiger partial charge in [-0.1, -0.05) is 49.6 Å². The van der Waals surface area contributed by atoms with Crippen LogP contribution in [0, 0.1) is 0 Å². The van der Waals surface area contributed by atoms with E-state index < -0.39 is 0 Å². The molecule has 1 aliphatic rings. The van der Waals surface area contributed by atoms with Crippen LogP contribution >= 0.6 is 0 Å². The molecule has 1 unspecified atom stereocenters. The lowest BCUT2D eigenvalue weighted by Crippen LogP contribution is -2.20. The van der Waals surface area contributed by atoms with E-state index in [0.29, 0.717) is 5.92 Å². The Bertz CT molecular complexity index is 526. The van der Waals surface area contributed by atoms with Gasteiger partial charge in [-0.2, -0.15) is 0 Å². The van der Waals surface area contributed by atoms with Crippen molar-refractivity contribution in [1.82, 2.24) is 9.55 Å². The second kappa shape index (κ2) is 6.23. The normalized spacial score (nSPS) is 18.1. The molecule has 1 heterocycles. The van der Waals surface area contributed by atoms with Crippen LogP contribution in [-0.4, -0.2) is 9.55 Å². The SMILES string of the molecule is NC(Cn1cncc1C1CCCCC1)c1ccccc1. The van der Waals surface area contributed by atoms with E-state index in [2.05, 4.69) is 21.7 Å². The predicted molar refractivity (Wildman–Crippen MR) is 81.4 cm³/mol. The molecule has 0 radical (unpaired) electrons. The van der Waals surface area contributed by atoms with Gasteiger partial charge in [0.05, 0.1) is 6.33 Å². The Kier molecular flexibility index (Phi) is 4.16. The third kappa shape index (κ3) is 2.93. The number of hydrogen-bond donors (Lipinski definition) is 1. The van der Waals surface area contributed by atoms with E-state index in [1.54, 1.807) is 0 Å². The maximum atomic E-state index is 6.34. The first-order chi connectivity index (χ1) is 9.84. The molecule has 0 saturated heterocycles. The number of nitrogens with two attached hydrogens (primary N) is 1. The van der Waals surface area contributed by atoms with E-state index >= 15 is 0 Å². The van der Waals surface area contributed by atoms with Crippen molar-refractivity contribution in [2.75, 3.05) is 0 Å². The van der Waals surface area contributed by atoms with Gasteiger partial charge >= 0.3 is 0 Å². The average molecular weight is 269 g/mol. The topological polar surface area (TPSA) is 43.8 Å². The third-order valence-electron chi connectivity index (χ3n) is 4.39. The van der Waals surface area contributed by atoms with Crippen LogP contribution in [0.1, 0.15) is 55.3 Å². The van der Waals surface area contributed by atoms with E-state index in [0.717, 1.165) is 6.54 Å². The van der Waals surface area contributed by atoms with Crippen molar-refractivity contribution in [2.24, 2.45) is 5.73 Å². The predicted octanol–water partition coefficient (Wildman–Crippen LogP) is 3.63. The van der Waals surface area contributed by atoms with Crippen molar-refractivity contribution < 1.29 is 0 Å². The van der Waals surface area contributed by atoms with Gasteiger partial charge < -0.3 is 10.3 Å². The van der Waals surface area contributed by atoms with Gasteiger partial charge in [-0.15, -0.1) is 0 Å². The molecular formula is C17H23N3. The first-order valence-electron chi connectivity index (χ1n) is 7.65. The van der Waals surface area contributed by atoms with E-state index in [9.17, 15) is 0 Å². The highest BCUT2D eigenvalue weighted by Crippen LogP contribution is 2.32. The Labute approximate surface area is 120 Å². The van der Waals surface area contributed by atoms with Gasteiger partial charge in [0.2, 0.25) is 0 Å². The monoisotopic (exact) mass is 269 g/mol. The zero-order valence-corrected chi connectivity index (χ0v) is 11.9. The number of hydrogen-bond acceptors (Lipinski definition) is 2. The summed E-state index contributed by atoms with van der Waals surface area (Å²) in [5.74, 6) is 0.675. The summed E-state index contributed by atoms with van der Waals surface area (Å²) in [6, 6.07) is 10.4. The van der Waals surface area contributed by atoms with Gasteiger partial charge in [0, 0.05) is 30.4 Å². The molecule has 1 aromatic carbocycles. The molecule has 1 aromatic heterocycles. The van der Waals surface area contributed by atoms with Crippen LogP contribution in [0.4, 0.5) is 0 Å². The Morgan fingerprint density at radius 1 is 1.15 bits per heavy atom. The zero-order valence-electron chi connectivity index (χ0n) is 11.9. The van der Waals surface area contributed by atoms with E-state index in [-0.39, 0.29) is 6.04 Å². The third-order valence-corrected chi connectivity index (χ3v) is 4.39. The highest BCUT2D eigenvalue weighted by Gasteiger charge is 2.19. The van der Waals surface area contributed by atoms with E-state index in [1.807, 2.05) is 30.7 Å². The molecule has 0 aliphatic heterocycles. The lowest BCUT2D eigenvalue weighted by Gasteiger charge is -2.24. The minimum absolute atomic E-state index is 0.0349. The van der Waals surface area contributed by atoms with Crippen molar-refractivity contribution in [3.8, 4) is 0 Å². The lowest BCUT2D eigenvalue weighted by molar-refractivity contribution is 0.417. The van der Waals surface area contributed by atoms with Crippen molar-refractivity contribution in [2.45, 2.75) is 50.6 Å². The number of nitrogens with zero attached hydrogens (tertiary/aromatic N) is 2. The van der Waals surface area contributed by atoms with Crippen molar-refractivity contribution >= 4 is 0 Å². The number of imidazole rings is 1. The van der Waals surface area contributed by atoms with Crippen LogP contribution < -0.4 is 5.73 Å². The molecule has 1 aliphatic carbocycles. The van der Waals surface area contributed by atoms with Crippen molar-refractivity contribution in [3.63, 3.8) is 0 Å². The Balaban J connectivity index is 1.73. The molecule has 0 spiro atoms. The molecule has 0 bridgehead atoms. The van der Waals surface area contributed by atoms with Crippen LogP contribution in [0.3, 0.4) is 0 Å². The summed E-state index contributed by atoms with van der Waals surface area (Å²) in [7, 11) is 0. The standard InChI is InChI=1S/C17H23N3/c18-16(14-7-3-1-4-8-14)12-20-13-19-11-17(20)15-9-5-2-6-10-15/h1,3-4,7-8,11,13,15-16H,2,5-6,9-10,12,18H2. The lowest BCUT2D eigenvalue weighted by atomic mass is 9.87. The van der Waals surface area contributed by atoms with E-state index in [4.69, 9.17) is 5.73 Å². The summed E-state index contributed by atoms with van der Waals surface area (Å²) in [6.45, 7) is 0.815. The second-order valence-corrected chi connectivity index (χ2v) is 5.82. The minimum atomic E-state index is 0.0349. The molecule has 1 saturated carbocycles. The summed E-state index contributed by atoms with van der Waals surface area (Å²) in [4.78, 5) is 4.35. The van der Waals surface area contributed by atoms with Gasteiger partial charge in [-0.25, -0.2) is 4.98 Å². The van der Waals surface area contributed by atoms with E-state index in [1.165, 1.54) is 43.4 Å². The summed E-state index contributed by atoms with van der Waals surface area (Å²) < 4.78 is 2.26. The Morgan fingerprint density at radius 2 is 1.90 bits per heavy atom. The van der Waals surface area contributed by atoms with Crippen molar-refractivity contribution in [3.05, 3.63) is 54.1 Å². The second-order valence-electron chi connectivity index (χ2n) is 5.82. The minimum Gasteiger partial charge on any atom is -0.332 e. The van der Waals surface area contributed by atoms with Crippen LogP contribution in [-0.2, 0) is 6.54 Å². The van der Waals surface area contributed by atoms with Crippen LogP contribution in [0.5, 0.6) is 0 Å². The molecule has 106 valence electrons. The van der Waals surface area contributed by atoms with Crippen LogP contribution in [0.15, 0.2) is 42.9 Å². The summed E-state index contributed by atoms with van der Waals surface area (Å²) in [6.07, 6.45) is 10.6. The highest BCUT2D eigenvalue weighted by atomic mass is 15.1. The molecule has 0 amide bonds. The maximum absolute atomic E-state index is 6.34. The molecular weight excluding hydrogens is 246 g/mol. The Hall–Kier alpha value is -1.61. The fraction of sp³-hybridized carbons (Fsp3) is 0.471. The number of rotatable bonds is 4. The Morgan fingerprint density at radius 3 is 2.65 bits per heavy atom. The first-order valence-corrected chi connectivity index (χ1v) is 7.65. The van der Waals surface area contributed by atoms with Crippen LogP contribution in [0.25, 0.3) is 0 Å². The van der Waals surface area contributed by atoms with Gasteiger partial charge in [0.15, 0.2) is 0 Å². The number of benzene rings is 1. The van der Waals surface area contributed by atoms with Gasteiger partial charge in [0.25, 0.3) is 0 Å². The molecule has 2 N–H and O–H groups in total. The largest absolute Gasteiger partial charge is 0.332 e. The molecule has 3 heteroatoms. The summed E-state index contributed by atoms with van der Waals surface area (Å²) in [5, 5.41) is 0.